The third-order valence-corrected chi connectivity index (χ3v) is 3.87. The average Bonchev–Trinajstić information content (AvgIpc) is 2.21. The molecule has 1 fully saturated rings. The molecule has 0 spiro atoms. The molecule has 3 heteroatoms. The van der Waals surface area contributed by atoms with Crippen molar-refractivity contribution in [3.63, 3.8) is 0 Å². The monoisotopic (exact) mass is 227 g/mol. The molecule has 0 aromatic rings. The molecule has 3 nitrogen and oxygen atoms in total. The van der Waals surface area contributed by atoms with Gasteiger partial charge in [-0.3, -0.25) is 0 Å². The fraction of sp³-hybridized carbons (Fsp3) is 1.00. The lowest BCUT2D eigenvalue weighted by Crippen LogP contribution is -2.51. The van der Waals surface area contributed by atoms with Crippen molar-refractivity contribution in [2.45, 2.75) is 40.2 Å². The summed E-state index contributed by atoms with van der Waals surface area (Å²) in [5, 5.41) is 0. The second-order valence-electron chi connectivity index (χ2n) is 5.90. The third kappa shape index (κ3) is 4.04. The van der Waals surface area contributed by atoms with Crippen LogP contribution in [0.15, 0.2) is 0 Å². The average molecular weight is 227 g/mol. The lowest BCUT2D eigenvalue weighted by atomic mass is 9.85. The Morgan fingerprint density at radius 3 is 2.06 bits per heavy atom. The van der Waals surface area contributed by atoms with Crippen molar-refractivity contribution < 1.29 is 0 Å². The first-order valence-electron chi connectivity index (χ1n) is 6.66. The van der Waals surface area contributed by atoms with Crippen LogP contribution in [0.4, 0.5) is 0 Å². The normalized spacial score (nSPS) is 22.3. The number of nitrogens with zero attached hydrogens (tertiary/aromatic N) is 2. The van der Waals surface area contributed by atoms with Gasteiger partial charge in [0.15, 0.2) is 0 Å². The van der Waals surface area contributed by atoms with Crippen molar-refractivity contribution in [2.75, 3.05) is 39.3 Å². The molecule has 0 aliphatic carbocycles. The van der Waals surface area contributed by atoms with Crippen LogP contribution in [0.2, 0.25) is 0 Å². The van der Waals surface area contributed by atoms with Crippen LogP contribution in [0.1, 0.15) is 34.1 Å². The first-order chi connectivity index (χ1) is 7.45. The van der Waals surface area contributed by atoms with E-state index in [4.69, 9.17) is 5.73 Å². The van der Waals surface area contributed by atoms with Gasteiger partial charge in [0.2, 0.25) is 0 Å². The molecule has 1 aliphatic rings. The van der Waals surface area contributed by atoms with Gasteiger partial charge < -0.3 is 15.5 Å². The maximum atomic E-state index is 6.03. The Bertz CT molecular complexity index is 193. The Kier molecular flexibility index (Phi) is 5.22. The van der Waals surface area contributed by atoms with Crippen LogP contribution >= 0.6 is 0 Å². The van der Waals surface area contributed by atoms with Crippen LogP contribution in [0.3, 0.4) is 0 Å². The predicted octanol–water partition coefficient (Wildman–Crippen LogP) is 1.39. The predicted molar refractivity (Wildman–Crippen MR) is 70.6 cm³/mol. The van der Waals surface area contributed by atoms with Crippen LogP contribution in [0, 0.1) is 5.41 Å². The van der Waals surface area contributed by atoms with Crippen LogP contribution in [-0.2, 0) is 0 Å². The van der Waals surface area contributed by atoms with E-state index in [1.807, 2.05) is 0 Å². The molecule has 1 rings (SSSR count). The zero-order valence-corrected chi connectivity index (χ0v) is 11.5. The Morgan fingerprint density at radius 1 is 1.12 bits per heavy atom. The first-order valence-corrected chi connectivity index (χ1v) is 6.66. The Morgan fingerprint density at radius 2 is 1.62 bits per heavy atom. The molecular formula is C13H29N3. The van der Waals surface area contributed by atoms with E-state index in [1.54, 1.807) is 0 Å². The molecule has 0 saturated carbocycles. The SMILES string of the molecule is CCCN1CCN(CC(C)(C)C(C)N)CC1. The van der Waals surface area contributed by atoms with Crippen molar-refractivity contribution in [1.29, 1.82) is 0 Å². The second-order valence-corrected chi connectivity index (χ2v) is 5.90. The molecule has 16 heavy (non-hydrogen) atoms. The third-order valence-electron chi connectivity index (χ3n) is 3.87. The molecule has 1 aliphatic heterocycles. The molecule has 0 aromatic heterocycles. The zero-order chi connectivity index (χ0) is 12.2. The zero-order valence-electron chi connectivity index (χ0n) is 11.5. The summed E-state index contributed by atoms with van der Waals surface area (Å²) in [5.74, 6) is 0. The van der Waals surface area contributed by atoms with Gasteiger partial charge in [0.25, 0.3) is 0 Å². The van der Waals surface area contributed by atoms with Crippen LogP contribution in [0.5, 0.6) is 0 Å². The fourth-order valence-corrected chi connectivity index (χ4v) is 2.21. The molecular weight excluding hydrogens is 198 g/mol. The van der Waals surface area contributed by atoms with E-state index < -0.39 is 0 Å². The first kappa shape index (κ1) is 13.9. The highest BCUT2D eigenvalue weighted by Crippen LogP contribution is 2.21. The summed E-state index contributed by atoms with van der Waals surface area (Å²) >= 11 is 0. The highest BCUT2D eigenvalue weighted by Gasteiger charge is 2.27. The van der Waals surface area contributed by atoms with Crippen molar-refractivity contribution in [3.8, 4) is 0 Å². The maximum absolute atomic E-state index is 6.03. The molecule has 0 amide bonds. The summed E-state index contributed by atoms with van der Waals surface area (Å²) in [6.07, 6.45) is 1.27. The standard InChI is InChI=1S/C13H29N3/c1-5-6-15-7-9-16(10-8-15)11-13(3,4)12(2)14/h12H,5-11,14H2,1-4H3. The van der Waals surface area contributed by atoms with Crippen molar-refractivity contribution >= 4 is 0 Å². The molecule has 1 saturated heterocycles. The lowest BCUT2D eigenvalue weighted by molar-refractivity contribution is 0.0892. The summed E-state index contributed by atoms with van der Waals surface area (Å²) in [6.45, 7) is 16.2. The summed E-state index contributed by atoms with van der Waals surface area (Å²) < 4.78 is 0. The number of hydrogen-bond donors (Lipinski definition) is 1. The maximum Gasteiger partial charge on any atom is 0.0110 e. The molecule has 0 radical (unpaired) electrons. The van der Waals surface area contributed by atoms with Gasteiger partial charge in [0, 0.05) is 38.8 Å². The van der Waals surface area contributed by atoms with Crippen LogP contribution < -0.4 is 5.73 Å². The van der Waals surface area contributed by atoms with Crippen LogP contribution in [0.25, 0.3) is 0 Å². The van der Waals surface area contributed by atoms with Crippen molar-refractivity contribution in [3.05, 3.63) is 0 Å². The largest absolute Gasteiger partial charge is 0.327 e. The number of hydrogen-bond acceptors (Lipinski definition) is 3. The van der Waals surface area contributed by atoms with E-state index in [0.717, 1.165) is 6.54 Å². The minimum atomic E-state index is 0.229. The van der Waals surface area contributed by atoms with E-state index >= 15 is 0 Å². The van der Waals surface area contributed by atoms with Gasteiger partial charge in [-0.1, -0.05) is 20.8 Å². The quantitative estimate of drug-likeness (QED) is 0.770. The van der Waals surface area contributed by atoms with Crippen LogP contribution in [-0.4, -0.2) is 55.1 Å². The summed E-state index contributed by atoms with van der Waals surface area (Å²) in [6, 6.07) is 0.265. The highest BCUT2D eigenvalue weighted by molar-refractivity contribution is 4.83. The van der Waals surface area contributed by atoms with Gasteiger partial charge in [-0.15, -0.1) is 0 Å². The van der Waals surface area contributed by atoms with E-state index in [-0.39, 0.29) is 11.5 Å². The highest BCUT2D eigenvalue weighted by atomic mass is 15.3. The molecule has 1 atom stereocenters. The summed E-state index contributed by atoms with van der Waals surface area (Å²) in [7, 11) is 0. The van der Waals surface area contributed by atoms with Gasteiger partial charge in [0.05, 0.1) is 0 Å². The molecule has 1 heterocycles. The topological polar surface area (TPSA) is 32.5 Å². The number of rotatable bonds is 5. The molecule has 1 unspecified atom stereocenters. The molecule has 96 valence electrons. The second kappa shape index (κ2) is 5.99. The van der Waals surface area contributed by atoms with E-state index in [1.165, 1.54) is 39.1 Å². The summed E-state index contributed by atoms with van der Waals surface area (Å²) in [5.41, 5.74) is 6.25. The fourth-order valence-electron chi connectivity index (χ4n) is 2.21. The van der Waals surface area contributed by atoms with E-state index in [0.29, 0.717) is 0 Å². The van der Waals surface area contributed by atoms with Gasteiger partial charge >= 0.3 is 0 Å². The minimum absolute atomic E-state index is 0.229. The lowest BCUT2D eigenvalue weighted by Gasteiger charge is -2.40. The molecule has 0 bridgehead atoms. The summed E-state index contributed by atoms with van der Waals surface area (Å²) in [4.78, 5) is 5.13. The van der Waals surface area contributed by atoms with Crippen molar-refractivity contribution in [2.24, 2.45) is 11.1 Å². The number of nitrogens with two attached hydrogens (primary N) is 1. The van der Waals surface area contributed by atoms with Gasteiger partial charge in [0.1, 0.15) is 0 Å². The number of piperazine rings is 1. The van der Waals surface area contributed by atoms with Crippen molar-refractivity contribution in [1.82, 2.24) is 9.80 Å². The van der Waals surface area contributed by atoms with Gasteiger partial charge in [-0.25, -0.2) is 0 Å². The van der Waals surface area contributed by atoms with Gasteiger partial charge in [-0.05, 0) is 25.3 Å². The Labute approximate surface area is 101 Å². The molecule has 0 aromatic carbocycles. The molecule has 2 N–H and O–H groups in total. The van der Waals surface area contributed by atoms with Gasteiger partial charge in [-0.2, -0.15) is 0 Å². The Hall–Kier alpha value is -0.120. The Balaban J connectivity index is 2.32. The van der Waals surface area contributed by atoms with E-state index in [2.05, 4.69) is 37.5 Å². The van der Waals surface area contributed by atoms with E-state index in [9.17, 15) is 0 Å². The minimum Gasteiger partial charge on any atom is -0.327 e. The smallest absolute Gasteiger partial charge is 0.0110 e.